The molecule has 0 bridgehead atoms. The Morgan fingerprint density at radius 3 is 2.55 bits per heavy atom. The van der Waals surface area contributed by atoms with Crippen LogP contribution in [0.1, 0.15) is 28.8 Å². The average Bonchev–Trinajstić information content (AvgIpc) is 3.19. The molecule has 0 saturated carbocycles. The predicted octanol–water partition coefficient (Wildman–Crippen LogP) is 3.29. The van der Waals surface area contributed by atoms with Gasteiger partial charge in [0, 0.05) is 0 Å². The number of thiophene rings is 1. The zero-order valence-corrected chi connectivity index (χ0v) is 16.7. The normalized spacial score (nSPS) is 11.7. The van der Waals surface area contributed by atoms with Crippen LogP contribution < -0.4 is 15.8 Å². The highest BCUT2D eigenvalue weighted by Gasteiger charge is 2.19. The second-order valence-corrected chi connectivity index (χ2v) is 7.29. The summed E-state index contributed by atoms with van der Waals surface area (Å²) >= 11 is 1.17. The number of methoxy groups -OCH3 is 1. The summed E-state index contributed by atoms with van der Waals surface area (Å²) in [5.74, 6) is -1.48. The summed E-state index contributed by atoms with van der Waals surface area (Å²) in [7, 11) is 1.61. The highest BCUT2D eigenvalue weighted by atomic mass is 32.1. The molecule has 150 valence electrons. The third-order valence-corrected chi connectivity index (χ3v) is 5.28. The summed E-state index contributed by atoms with van der Waals surface area (Å²) in [5, 5.41) is 6.46. The van der Waals surface area contributed by atoms with E-state index in [1.807, 2.05) is 36.4 Å². The quantitative estimate of drug-likeness (QED) is 0.579. The lowest BCUT2D eigenvalue weighted by Gasteiger charge is -2.13. The number of esters is 1. The SMILES string of the molecule is COc1ccc2cc([C@H](C)C(=O)OCC(=O)Nc3sccc3C(N)=O)ccc2c1. The van der Waals surface area contributed by atoms with Gasteiger partial charge in [-0.3, -0.25) is 14.4 Å². The number of rotatable bonds is 7. The van der Waals surface area contributed by atoms with Crippen molar-refractivity contribution in [3.8, 4) is 5.75 Å². The minimum Gasteiger partial charge on any atom is -0.497 e. The van der Waals surface area contributed by atoms with Crippen LogP contribution in [0, 0.1) is 0 Å². The Bertz CT molecular complexity index is 1080. The number of nitrogens with one attached hydrogen (secondary N) is 1. The Kier molecular flexibility index (Phi) is 6.13. The fourth-order valence-corrected chi connectivity index (χ4v) is 3.61. The van der Waals surface area contributed by atoms with Crippen molar-refractivity contribution in [2.45, 2.75) is 12.8 Å². The molecule has 3 rings (SSSR count). The van der Waals surface area contributed by atoms with Crippen LogP contribution in [0.15, 0.2) is 47.8 Å². The number of amides is 2. The van der Waals surface area contributed by atoms with Crippen molar-refractivity contribution in [2.75, 3.05) is 19.0 Å². The van der Waals surface area contributed by atoms with Gasteiger partial charge in [0.25, 0.3) is 11.8 Å². The standard InChI is InChI=1S/C21H20N2O5S/c1-12(13-3-4-15-10-16(27-2)6-5-14(15)9-13)21(26)28-11-18(24)23-20-17(19(22)25)7-8-29-20/h3-10,12H,11H2,1-2H3,(H2,22,25)(H,23,24)/t12-/m0/s1. The topological polar surface area (TPSA) is 108 Å². The minimum absolute atomic E-state index is 0.218. The van der Waals surface area contributed by atoms with E-state index >= 15 is 0 Å². The average molecular weight is 412 g/mol. The van der Waals surface area contributed by atoms with Gasteiger partial charge >= 0.3 is 5.97 Å². The van der Waals surface area contributed by atoms with Gasteiger partial charge < -0.3 is 20.5 Å². The van der Waals surface area contributed by atoms with E-state index in [2.05, 4.69) is 5.32 Å². The number of anilines is 1. The number of fused-ring (bicyclic) bond motifs is 1. The second kappa shape index (κ2) is 8.74. The van der Waals surface area contributed by atoms with Crippen molar-refractivity contribution in [3.63, 3.8) is 0 Å². The molecule has 0 aliphatic heterocycles. The van der Waals surface area contributed by atoms with Crippen molar-refractivity contribution in [1.29, 1.82) is 0 Å². The molecule has 1 atom stereocenters. The fourth-order valence-electron chi connectivity index (χ4n) is 2.80. The Hall–Kier alpha value is -3.39. The van der Waals surface area contributed by atoms with Gasteiger partial charge in [-0.05, 0) is 46.8 Å². The fraction of sp³-hybridized carbons (Fsp3) is 0.190. The van der Waals surface area contributed by atoms with Gasteiger partial charge in [-0.25, -0.2) is 0 Å². The molecular formula is C21H20N2O5S. The molecule has 2 aromatic carbocycles. The van der Waals surface area contributed by atoms with Gasteiger partial charge in [0.05, 0.1) is 18.6 Å². The molecule has 1 heterocycles. The zero-order chi connectivity index (χ0) is 21.0. The summed E-state index contributed by atoms with van der Waals surface area (Å²) < 4.78 is 10.3. The molecule has 8 heteroatoms. The summed E-state index contributed by atoms with van der Waals surface area (Å²) in [6.07, 6.45) is 0. The third-order valence-electron chi connectivity index (χ3n) is 4.45. The number of hydrogen-bond acceptors (Lipinski definition) is 6. The van der Waals surface area contributed by atoms with Crippen molar-refractivity contribution >= 4 is 44.9 Å². The predicted molar refractivity (Wildman–Crippen MR) is 111 cm³/mol. The molecule has 0 aliphatic rings. The Morgan fingerprint density at radius 1 is 1.10 bits per heavy atom. The van der Waals surface area contributed by atoms with Crippen molar-refractivity contribution in [3.05, 3.63) is 59.0 Å². The Labute approximate surface area is 171 Å². The molecule has 7 nitrogen and oxygen atoms in total. The molecule has 0 spiro atoms. The summed E-state index contributed by atoms with van der Waals surface area (Å²) in [4.78, 5) is 35.7. The van der Waals surface area contributed by atoms with Crippen molar-refractivity contribution in [2.24, 2.45) is 5.73 Å². The van der Waals surface area contributed by atoms with E-state index in [1.54, 1.807) is 19.4 Å². The monoisotopic (exact) mass is 412 g/mol. The zero-order valence-electron chi connectivity index (χ0n) is 15.9. The first-order chi connectivity index (χ1) is 13.9. The molecule has 0 aliphatic carbocycles. The number of carbonyl (C=O) groups is 3. The minimum atomic E-state index is -0.638. The number of nitrogens with two attached hydrogens (primary N) is 1. The number of ether oxygens (including phenoxy) is 2. The Morgan fingerprint density at radius 2 is 1.83 bits per heavy atom. The number of hydrogen-bond donors (Lipinski definition) is 2. The van der Waals surface area contributed by atoms with Crippen LogP contribution in [0.5, 0.6) is 5.75 Å². The highest BCUT2D eigenvalue weighted by Crippen LogP contribution is 2.26. The first-order valence-electron chi connectivity index (χ1n) is 8.80. The van der Waals surface area contributed by atoms with Crippen LogP contribution in [0.25, 0.3) is 10.8 Å². The van der Waals surface area contributed by atoms with Gasteiger partial charge in [0.2, 0.25) is 0 Å². The van der Waals surface area contributed by atoms with Crippen LogP contribution in [0.3, 0.4) is 0 Å². The van der Waals surface area contributed by atoms with Crippen LogP contribution >= 0.6 is 11.3 Å². The molecule has 3 aromatic rings. The summed E-state index contributed by atoms with van der Waals surface area (Å²) in [6, 6.07) is 12.9. The lowest BCUT2D eigenvalue weighted by Crippen LogP contribution is -2.24. The van der Waals surface area contributed by atoms with Crippen LogP contribution in [-0.2, 0) is 14.3 Å². The summed E-state index contributed by atoms with van der Waals surface area (Å²) in [5.41, 5.74) is 6.24. The van der Waals surface area contributed by atoms with E-state index in [-0.39, 0.29) is 5.56 Å². The van der Waals surface area contributed by atoms with Crippen LogP contribution in [-0.4, -0.2) is 31.5 Å². The van der Waals surface area contributed by atoms with Crippen molar-refractivity contribution < 1.29 is 23.9 Å². The maximum Gasteiger partial charge on any atom is 0.313 e. The number of benzene rings is 2. The van der Waals surface area contributed by atoms with Crippen molar-refractivity contribution in [1.82, 2.24) is 0 Å². The molecule has 29 heavy (non-hydrogen) atoms. The lowest BCUT2D eigenvalue weighted by atomic mass is 9.98. The van der Waals surface area contributed by atoms with E-state index in [0.29, 0.717) is 5.00 Å². The van der Waals surface area contributed by atoms with Crippen LogP contribution in [0.2, 0.25) is 0 Å². The van der Waals surface area contributed by atoms with E-state index in [1.165, 1.54) is 17.4 Å². The van der Waals surface area contributed by atoms with Gasteiger partial charge in [-0.15, -0.1) is 11.3 Å². The number of primary amides is 1. The third kappa shape index (κ3) is 4.72. The first kappa shape index (κ1) is 20.3. The Balaban J connectivity index is 1.61. The molecule has 3 N–H and O–H groups in total. The van der Waals surface area contributed by atoms with Gasteiger partial charge in [-0.2, -0.15) is 0 Å². The molecule has 0 saturated heterocycles. The van der Waals surface area contributed by atoms with E-state index in [0.717, 1.165) is 22.1 Å². The number of carbonyl (C=O) groups excluding carboxylic acids is 3. The second-order valence-electron chi connectivity index (χ2n) is 6.38. The van der Waals surface area contributed by atoms with Crippen LogP contribution in [0.4, 0.5) is 5.00 Å². The molecule has 1 aromatic heterocycles. The van der Waals surface area contributed by atoms with E-state index < -0.39 is 30.3 Å². The van der Waals surface area contributed by atoms with E-state index in [9.17, 15) is 14.4 Å². The summed E-state index contributed by atoms with van der Waals surface area (Å²) in [6.45, 7) is 1.26. The highest BCUT2D eigenvalue weighted by molar-refractivity contribution is 7.14. The van der Waals surface area contributed by atoms with Gasteiger partial charge in [-0.1, -0.05) is 24.3 Å². The molecule has 0 radical (unpaired) electrons. The molecule has 0 unspecified atom stereocenters. The first-order valence-corrected chi connectivity index (χ1v) is 9.68. The lowest BCUT2D eigenvalue weighted by molar-refractivity contribution is -0.148. The molecular weight excluding hydrogens is 392 g/mol. The molecule has 2 amide bonds. The largest absolute Gasteiger partial charge is 0.497 e. The molecule has 0 fully saturated rings. The maximum atomic E-state index is 12.4. The van der Waals surface area contributed by atoms with Gasteiger partial charge in [0.1, 0.15) is 10.8 Å². The maximum absolute atomic E-state index is 12.4. The smallest absolute Gasteiger partial charge is 0.313 e. The van der Waals surface area contributed by atoms with Gasteiger partial charge in [0.15, 0.2) is 6.61 Å². The van der Waals surface area contributed by atoms with E-state index in [4.69, 9.17) is 15.2 Å².